The fourth-order valence-electron chi connectivity index (χ4n) is 1.31. The summed E-state index contributed by atoms with van der Waals surface area (Å²) in [5.41, 5.74) is -1.19. The van der Waals surface area contributed by atoms with Crippen LogP contribution in [-0.2, 0) is 20.2 Å². The maximum absolute atomic E-state index is 11.8. The van der Waals surface area contributed by atoms with E-state index in [0.29, 0.717) is 10.8 Å². The van der Waals surface area contributed by atoms with Crippen molar-refractivity contribution in [1.29, 1.82) is 0 Å². The Hall–Kier alpha value is 0.510. The van der Waals surface area contributed by atoms with Gasteiger partial charge in [0.1, 0.15) is 20.2 Å². The molecule has 0 aliphatic carbocycles. The molecule has 12 heteroatoms. The molecule has 0 N–H and O–H groups in total. The summed E-state index contributed by atoms with van der Waals surface area (Å²) in [6, 6.07) is 2.21. The molecule has 0 saturated heterocycles. The van der Waals surface area contributed by atoms with Crippen molar-refractivity contribution >= 4 is 26.5 Å². The summed E-state index contributed by atoms with van der Waals surface area (Å²) in [6.07, 6.45) is 0.853. The predicted octanol–water partition coefficient (Wildman–Crippen LogP) is -5.77. The number of hydrogen-bond acceptors (Lipinski definition) is 7. The third kappa shape index (κ3) is 7.51. The molecule has 0 bridgehead atoms. The number of rotatable bonds is 3. The van der Waals surface area contributed by atoms with Crippen molar-refractivity contribution in [3.8, 4) is 0 Å². The normalized spacial score (nSPS) is 13.0. The topological polar surface area (TPSA) is 140 Å². The van der Waals surface area contributed by atoms with Crippen molar-refractivity contribution in [1.82, 2.24) is 0 Å². The fourth-order valence-corrected chi connectivity index (χ4v) is 2.57. The van der Waals surface area contributed by atoms with Gasteiger partial charge in [0.25, 0.3) is 0 Å². The van der Waals surface area contributed by atoms with Gasteiger partial charge in [0, 0.05) is 20.8 Å². The van der Waals surface area contributed by atoms with Gasteiger partial charge in [0.15, 0.2) is 11.8 Å². The van der Waals surface area contributed by atoms with Crippen LogP contribution in [0, 0.1) is 5.21 Å². The summed E-state index contributed by atoms with van der Waals surface area (Å²) in [4.78, 5) is -1.80. The van der Waals surface area contributed by atoms with Gasteiger partial charge in [-0.15, -0.1) is 0 Å². The Labute approximate surface area is 179 Å². The van der Waals surface area contributed by atoms with E-state index >= 15 is 0 Å². The van der Waals surface area contributed by atoms with Gasteiger partial charge in [0.2, 0.25) is 0 Å². The maximum atomic E-state index is 11.8. The minimum atomic E-state index is -5.06. The van der Waals surface area contributed by atoms with E-state index in [9.17, 15) is 31.1 Å². The third-order valence-corrected chi connectivity index (χ3v) is 4.18. The standard InChI is InChI=1S/C11H15NO7S2.2Na/c1-11(2,3)12(13)7-8-4-5-9(20(14,15)16)6-10(8)21(17,18)19;;/h4-7H,1-3H3,(H,14,15,16)(H,17,18,19);;/q;2*+1/p-2/b12-7-;;/i11+2;;. The van der Waals surface area contributed by atoms with Gasteiger partial charge < -0.3 is 14.3 Å². The van der Waals surface area contributed by atoms with Crippen LogP contribution < -0.4 is 59.1 Å². The monoisotopic (exact) mass is 383 g/mol. The van der Waals surface area contributed by atoms with Gasteiger partial charge in [-0.25, -0.2) is 21.6 Å². The average Bonchev–Trinajstić information content (AvgIpc) is 2.25. The van der Waals surface area contributed by atoms with E-state index in [1.165, 1.54) is 0 Å². The zero-order chi connectivity index (χ0) is 16.6. The Bertz CT molecular complexity index is 796. The van der Waals surface area contributed by atoms with Crippen molar-refractivity contribution in [2.75, 3.05) is 0 Å². The summed E-state index contributed by atoms with van der Waals surface area (Å²) in [7, 11) is -9.98. The van der Waals surface area contributed by atoms with E-state index in [1.807, 2.05) is 0 Å². The minimum Gasteiger partial charge on any atom is -0.744 e. The molecule has 0 spiro atoms. The Kier molecular flexibility index (Phi) is 9.79. The third-order valence-electron chi connectivity index (χ3n) is 2.46. The second-order valence-corrected chi connectivity index (χ2v) is 7.96. The molecule has 0 aliphatic heterocycles. The molecule has 0 amide bonds. The molecule has 0 atom stereocenters. The summed E-state index contributed by atoms with van der Waals surface area (Å²) in [6.45, 7) is 4.66. The number of nitrogens with zero attached hydrogens (tertiary/aromatic N) is 1. The number of hydroxylamine groups is 1. The van der Waals surface area contributed by atoms with Crippen molar-refractivity contribution < 1.29 is 89.8 Å². The molecule has 0 unspecified atom stereocenters. The molecule has 8 nitrogen and oxygen atoms in total. The van der Waals surface area contributed by atoms with Crippen LogP contribution in [0.25, 0.3) is 0 Å². The van der Waals surface area contributed by atoms with Gasteiger partial charge in [-0.1, -0.05) is 0 Å². The van der Waals surface area contributed by atoms with Crippen LogP contribution in [-0.4, -0.2) is 42.4 Å². The van der Waals surface area contributed by atoms with E-state index in [4.69, 9.17) is 0 Å². The summed E-state index contributed by atoms with van der Waals surface area (Å²) in [5, 5.41) is 11.8. The minimum absolute atomic E-state index is 0. The van der Waals surface area contributed by atoms with Crippen molar-refractivity contribution in [2.45, 2.75) is 36.1 Å². The molecule has 0 heterocycles. The molecule has 0 radical (unpaired) electrons. The summed E-state index contributed by atoms with van der Waals surface area (Å²) < 4.78 is 66.5. The SMILES string of the molecule is C[14C](C)(C)/[N+]([O-])=C/c1ccc(S(=O)(=O)[O-])cc1S(=O)(=O)[O-].[Na+].[Na+]. The molecule has 1 rings (SSSR count). The Morgan fingerprint density at radius 3 is 1.83 bits per heavy atom. The number of hydrogen-bond donors (Lipinski definition) is 0. The molecule has 118 valence electrons. The Morgan fingerprint density at radius 2 is 1.48 bits per heavy atom. The van der Waals surface area contributed by atoms with Gasteiger partial charge in [0.05, 0.1) is 15.4 Å². The van der Waals surface area contributed by atoms with Gasteiger partial charge in [-0.05, 0) is 18.2 Å². The molecular weight excluding hydrogens is 370 g/mol. The first kappa shape index (κ1) is 25.7. The van der Waals surface area contributed by atoms with Crippen LogP contribution in [0.1, 0.15) is 26.3 Å². The maximum Gasteiger partial charge on any atom is 1.00 e. The molecular formula is C11H13NNa2O7S2. The summed E-state index contributed by atoms with van der Waals surface area (Å²) >= 11 is 0. The fraction of sp³-hybridized carbons (Fsp3) is 0.364. The van der Waals surface area contributed by atoms with E-state index < -0.39 is 35.6 Å². The van der Waals surface area contributed by atoms with Crippen LogP contribution >= 0.6 is 0 Å². The van der Waals surface area contributed by atoms with Crippen molar-refractivity contribution in [3.05, 3.63) is 29.0 Å². The predicted molar refractivity (Wildman–Crippen MR) is 70.9 cm³/mol. The van der Waals surface area contributed by atoms with Gasteiger partial charge in [-0.3, -0.25) is 0 Å². The Balaban J connectivity index is 0. The van der Waals surface area contributed by atoms with Crippen LogP contribution in [0.4, 0.5) is 0 Å². The van der Waals surface area contributed by atoms with E-state index in [0.717, 1.165) is 18.3 Å². The second-order valence-electron chi connectivity index (χ2n) is 5.23. The largest absolute Gasteiger partial charge is 1.00 e. The van der Waals surface area contributed by atoms with Crippen LogP contribution in [0.3, 0.4) is 0 Å². The van der Waals surface area contributed by atoms with E-state index in [2.05, 4.69) is 0 Å². The first-order valence-electron chi connectivity index (χ1n) is 5.60. The quantitative estimate of drug-likeness (QED) is 0.126. The number of benzene rings is 1. The second kappa shape index (κ2) is 8.75. The molecule has 0 saturated carbocycles. The zero-order valence-electron chi connectivity index (χ0n) is 13.4. The van der Waals surface area contributed by atoms with E-state index in [1.54, 1.807) is 20.8 Å². The van der Waals surface area contributed by atoms with Gasteiger partial charge in [-0.2, -0.15) is 0 Å². The van der Waals surface area contributed by atoms with Gasteiger partial charge >= 0.3 is 59.1 Å². The Morgan fingerprint density at radius 1 is 1.00 bits per heavy atom. The molecule has 0 aliphatic rings. The smallest absolute Gasteiger partial charge is 0.744 e. The zero-order valence-corrected chi connectivity index (χ0v) is 19.1. The molecule has 23 heavy (non-hydrogen) atoms. The average molecular weight is 383 g/mol. The molecule has 1 aromatic rings. The van der Waals surface area contributed by atoms with Crippen LogP contribution in [0.5, 0.6) is 0 Å². The first-order chi connectivity index (χ1) is 9.23. The molecule has 0 aromatic heterocycles. The molecule has 1 aromatic carbocycles. The summed E-state index contributed by atoms with van der Waals surface area (Å²) in [5.74, 6) is 0. The van der Waals surface area contributed by atoms with Crippen LogP contribution in [0.15, 0.2) is 28.0 Å². The van der Waals surface area contributed by atoms with Crippen molar-refractivity contribution in [2.24, 2.45) is 0 Å². The van der Waals surface area contributed by atoms with Crippen molar-refractivity contribution in [3.63, 3.8) is 0 Å². The first-order valence-corrected chi connectivity index (χ1v) is 8.42. The van der Waals surface area contributed by atoms with E-state index in [-0.39, 0.29) is 64.7 Å². The molecule has 0 fully saturated rings. The van der Waals surface area contributed by atoms with Crippen LogP contribution in [0.2, 0.25) is 0 Å².